The average molecular weight is 544 g/mol. The Morgan fingerprint density at radius 2 is 1.10 bits per heavy atom. The first-order valence-corrected chi connectivity index (χ1v) is 17.7. The van der Waals surface area contributed by atoms with Crippen LogP contribution >= 0.6 is 0 Å². The third-order valence-corrected chi connectivity index (χ3v) is 8.99. The summed E-state index contributed by atoms with van der Waals surface area (Å²) in [4.78, 5) is 2.74. The molecule has 0 amide bonds. The number of rotatable bonds is 22. The van der Waals surface area contributed by atoms with E-state index in [0.717, 1.165) is 25.9 Å². The van der Waals surface area contributed by atoms with Gasteiger partial charge in [0.05, 0.1) is 11.6 Å². The van der Waals surface area contributed by atoms with Crippen molar-refractivity contribution in [1.29, 1.82) is 0 Å². The Hall–Kier alpha value is -0.860. The third-order valence-electron chi connectivity index (χ3n) is 8.99. The topological polar surface area (TPSA) is 23.5 Å². The molecule has 2 heteroatoms. The van der Waals surface area contributed by atoms with Crippen LogP contribution in [0, 0.1) is 0 Å². The molecule has 0 bridgehead atoms. The van der Waals surface area contributed by atoms with Gasteiger partial charge in [0.15, 0.2) is 0 Å². The van der Waals surface area contributed by atoms with Crippen LogP contribution in [0.1, 0.15) is 181 Å². The van der Waals surface area contributed by atoms with Gasteiger partial charge in [-0.1, -0.05) is 162 Å². The van der Waals surface area contributed by atoms with Gasteiger partial charge in [0, 0.05) is 0 Å². The van der Waals surface area contributed by atoms with Crippen molar-refractivity contribution in [3.05, 3.63) is 35.4 Å². The van der Waals surface area contributed by atoms with E-state index in [1.807, 2.05) is 13.8 Å². The minimum absolute atomic E-state index is 0.188. The van der Waals surface area contributed by atoms with Crippen molar-refractivity contribution < 1.29 is 5.11 Å². The van der Waals surface area contributed by atoms with Gasteiger partial charge in [-0.25, -0.2) is 0 Å². The molecule has 0 heterocycles. The van der Waals surface area contributed by atoms with Crippen LogP contribution in [0.2, 0.25) is 0 Å². The molecule has 0 radical (unpaired) electrons. The molecular formula is C37H69NO. The zero-order chi connectivity index (χ0) is 28.6. The fourth-order valence-corrected chi connectivity index (χ4v) is 6.60. The van der Waals surface area contributed by atoms with Crippen LogP contribution in [0.4, 0.5) is 0 Å². The summed E-state index contributed by atoms with van der Waals surface area (Å²) in [7, 11) is 0. The van der Waals surface area contributed by atoms with E-state index < -0.39 is 0 Å². The SMILES string of the molecule is CC.CCCCCCCCCCc1ccc(C2(N(CCCCC)CCCCCCCC)CCCCC2O)cc1. The second-order valence-corrected chi connectivity index (χ2v) is 12.1. The number of aryl methyl sites for hydroxylation is 1. The molecule has 2 atom stereocenters. The van der Waals surface area contributed by atoms with Crippen molar-refractivity contribution in [2.75, 3.05) is 13.1 Å². The lowest BCUT2D eigenvalue weighted by molar-refractivity contribution is -0.0666. The minimum Gasteiger partial charge on any atom is -0.391 e. The van der Waals surface area contributed by atoms with Crippen molar-refractivity contribution in [2.45, 2.75) is 188 Å². The van der Waals surface area contributed by atoms with Gasteiger partial charge in [0.25, 0.3) is 0 Å². The normalized spacial score (nSPS) is 19.2. The number of hydrogen-bond acceptors (Lipinski definition) is 2. The predicted octanol–water partition coefficient (Wildman–Crippen LogP) is 11.4. The minimum atomic E-state index is -0.249. The maximum Gasteiger partial charge on any atom is 0.0765 e. The summed E-state index contributed by atoms with van der Waals surface area (Å²) in [6.07, 6.45) is 28.2. The molecular weight excluding hydrogens is 474 g/mol. The largest absolute Gasteiger partial charge is 0.391 e. The molecule has 1 fully saturated rings. The molecule has 1 aromatic carbocycles. The molecule has 0 aromatic heterocycles. The summed E-state index contributed by atoms with van der Waals surface area (Å²) >= 11 is 0. The first kappa shape index (κ1) is 36.2. The van der Waals surface area contributed by atoms with E-state index in [1.54, 1.807) is 0 Å². The monoisotopic (exact) mass is 544 g/mol. The van der Waals surface area contributed by atoms with Crippen molar-refractivity contribution in [3.63, 3.8) is 0 Å². The van der Waals surface area contributed by atoms with E-state index in [2.05, 4.69) is 49.9 Å². The molecule has 2 rings (SSSR count). The fraction of sp³-hybridized carbons (Fsp3) is 0.838. The summed E-state index contributed by atoms with van der Waals surface area (Å²) in [6.45, 7) is 13.1. The van der Waals surface area contributed by atoms with Crippen LogP contribution in [0.25, 0.3) is 0 Å². The molecule has 1 aromatic rings. The Labute approximate surface area is 245 Å². The number of hydrogen-bond donors (Lipinski definition) is 1. The quantitative estimate of drug-likeness (QED) is 0.147. The first-order valence-electron chi connectivity index (χ1n) is 17.7. The Bertz CT molecular complexity index is 656. The summed E-state index contributed by atoms with van der Waals surface area (Å²) in [6, 6.07) is 9.55. The summed E-state index contributed by atoms with van der Waals surface area (Å²) in [5.41, 5.74) is 2.66. The van der Waals surface area contributed by atoms with Gasteiger partial charge >= 0.3 is 0 Å². The maximum absolute atomic E-state index is 11.6. The highest BCUT2D eigenvalue weighted by atomic mass is 16.3. The van der Waals surface area contributed by atoms with Crippen molar-refractivity contribution in [1.82, 2.24) is 4.90 Å². The first-order chi connectivity index (χ1) is 19.2. The fourth-order valence-electron chi connectivity index (χ4n) is 6.60. The zero-order valence-corrected chi connectivity index (χ0v) is 27.3. The number of aliphatic hydroxyl groups is 1. The van der Waals surface area contributed by atoms with Crippen molar-refractivity contribution in [2.24, 2.45) is 0 Å². The molecule has 2 unspecified atom stereocenters. The lowest BCUT2D eigenvalue weighted by atomic mass is 9.72. The molecule has 1 aliphatic rings. The van der Waals surface area contributed by atoms with Crippen LogP contribution in [0.5, 0.6) is 0 Å². The molecule has 0 aliphatic heterocycles. The van der Waals surface area contributed by atoms with Crippen LogP contribution in [0.15, 0.2) is 24.3 Å². The second kappa shape index (κ2) is 23.8. The van der Waals surface area contributed by atoms with Gasteiger partial charge in [-0.3, -0.25) is 4.90 Å². The number of nitrogens with zero attached hydrogens (tertiary/aromatic N) is 1. The second-order valence-electron chi connectivity index (χ2n) is 12.1. The van der Waals surface area contributed by atoms with Crippen molar-refractivity contribution >= 4 is 0 Å². The van der Waals surface area contributed by atoms with E-state index in [9.17, 15) is 5.11 Å². The highest BCUT2D eigenvalue weighted by Crippen LogP contribution is 2.43. The van der Waals surface area contributed by atoms with Gasteiger partial charge < -0.3 is 5.11 Å². The highest BCUT2D eigenvalue weighted by Gasteiger charge is 2.45. The highest BCUT2D eigenvalue weighted by molar-refractivity contribution is 5.31. The number of benzene rings is 1. The standard InChI is InChI=1S/C35H63NO.C2H6/c1-4-7-10-12-14-15-16-18-23-32-25-27-33(28-26-32)35(29-20-19-24-34(35)37)36(30-21-9-6-3)31-22-17-13-11-8-5-2;1-2/h25-28,34,37H,4-24,29-31H2,1-3H3;1-2H3. The van der Waals surface area contributed by atoms with Crippen LogP contribution in [-0.2, 0) is 12.0 Å². The average Bonchev–Trinajstić information content (AvgIpc) is 2.97. The van der Waals surface area contributed by atoms with Crippen LogP contribution in [0.3, 0.4) is 0 Å². The maximum atomic E-state index is 11.6. The van der Waals surface area contributed by atoms with Gasteiger partial charge in [-0.05, 0) is 62.7 Å². The smallest absolute Gasteiger partial charge is 0.0765 e. The van der Waals surface area contributed by atoms with Gasteiger partial charge in [0.2, 0.25) is 0 Å². The lowest BCUT2D eigenvalue weighted by Crippen LogP contribution is -2.56. The molecule has 2 nitrogen and oxygen atoms in total. The van der Waals surface area contributed by atoms with E-state index in [-0.39, 0.29) is 11.6 Å². The van der Waals surface area contributed by atoms with Gasteiger partial charge in [0.1, 0.15) is 0 Å². The molecule has 0 spiro atoms. The van der Waals surface area contributed by atoms with Gasteiger partial charge in [-0.15, -0.1) is 0 Å². The van der Waals surface area contributed by atoms with Crippen molar-refractivity contribution in [3.8, 4) is 0 Å². The zero-order valence-electron chi connectivity index (χ0n) is 27.3. The van der Waals surface area contributed by atoms with Crippen LogP contribution < -0.4 is 0 Å². The third kappa shape index (κ3) is 13.6. The molecule has 1 saturated carbocycles. The van der Waals surface area contributed by atoms with E-state index in [1.165, 1.54) is 140 Å². The summed E-state index contributed by atoms with van der Waals surface area (Å²) < 4.78 is 0. The number of aliphatic hydroxyl groups excluding tert-OH is 1. The predicted molar refractivity (Wildman–Crippen MR) is 175 cm³/mol. The van der Waals surface area contributed by atoms with Gasteiger partial charge in [-0.2, -0.15) is 0 Å². The molecule has 39 heavy (non-hydrogen) atoms. The van der Waals surface area contributed by atoms with Crippen LogP contribution in [-0.4, -0.2) is 29.2 Å². The van der Waals surface area contributed by atoms with E-state index in [0.29, 0.717) is 0 Å². The number of unbranched alkanes of at least 4 members (excludes halogenated alkanes) is 14. The summed E-state index contributed by atoms with van der Waals surface area (Å²) in [5, 5.41) is 11.6. The van der Waals surface area contributed by atoms with E-state index >= 15 is 0 Å². The molecule has 1 N–H and O–H groups in total. The van der Waals surface area contributed by atoms with E-state index in [4.69, 9.17) is 0 Å². The Balaban J connectivity index is 0.00000371. The molecule has 228 valence electrons. The molecule has 0 saturated heterocycles. The lowest BCUT2D eigenvalue weighted by Gasteiger charge is -2.50. The molecule has 1 aliphatic carbocycles. The summed E-state index contributed by atoms with van der Waals surface area (Å²) in [5.74, 6) is 0. The Kier molecular flexibility index (Phi) is 22.1. The Morgan fingerprint density at radius 1 is 0.641 bits per heavy atom. The Morgan fingerprint density at radius 3 is 1.64 bits per heavy atom.